The number of carbonyl (C=O) groups is 1. The van der Waals surface area contributed by atoms with Gasteiger partial charge in [-0.15, -0.1) is 0 Å². The minimum Gasteiger partial charge on any atom is -0.462 e. The molecule has 8 heteroatoms. The predicted octanol–water partition coefficient (Wildman–Crippen LogP) is 3.60. The first-order valence-corrected chi connectivity index (χ1v) is 9.06. The number of anilines is 1. The molecule has 2 aromatic rings. The van der Waals surface area contributed by atoms with Crippen LogP contribution in [0.3, 0.4) is 0 Å². The summed E-state index contributed by atoms with van der Waals surface area (Å²) in [6.45, 7) is 1.88. The van der Waals surface area contributed by atoms with Gasteiger partial charge in [0.15, 0.2) is 0 Å². The summed E-state index contributed by atoms with van der Waals surface area (Å²) in [6, 6.07) is 9.78. The number of esters is 1. The maximum absolute atomic E-state index is 13.7. The number of hydrogen-bond donors (Lipinski definition) is 1. The number of nitrogens with one attached hydrogen (secondary N) is 1. The number of sulfonamides is 1. The molecule has 2 aromatic carbocycles. The van der Waals surface area contributed by atoms with E-state index in [4.69, 9.17) is 16.3 Å². The second kappa shape index (κ2) is 7.63. The van der Waals surface area contributed by atoms with Gasteiger partial charge in [0.2, 0.25) is 10.0 Å². The van der Waals surface area contributed by atoms with Crippen LogP contribution in [0.4, 0.5) is 10.1 Å². The Labute approximate surface area is 144 Å². The molecule has 0 spiro atoms. The third kappa shape index (κ3) is 4.69. The van der Waals surface area contributed by atoms with Gasteiger partial charge in [-0.3, -0.25) is 4.72 Å². The third-order valence-corrected chi connectivity index (χ3v) is 4.61. The normalized spacial score (nSPS) is 11.1. The number of rotatable bonds is 6. The Morgan fingerprint density at radius 2 is 1.96 bits per heavy atom. The molecule has 0 aromatic heterocycles. The first kappa shape index (κ1) is 18.2. The lowest BCUT2D eigenvalue weighted by Gasteiger charge is -2.11. The second-order valence-corrected chi connectivity index (χ2v) is 6.99. The van der Waals surface area contributed by atoms with Gasteiger partial charge in [-0.1, -0.05) is 23.7 Å². The molecule has 0 saturated heterocycles. The van der Waals surface area contributed by atoms with Gasteiger partial charge >= 0.3 is 5.97 Å². The molecule has 1 N–H and O–H groups in total. The summed E-state index contributed by atoms with van der Waals surface area (Å²) in [5, 5.41) is 0.0284. The molecule has 0 amide bonds. The van der Waals surface area contributed by atoms with Gasteiger partial charge in [-0.25, -0.2) is 17.6 Å². The Morgan fingerprint density at radius 3 is 2.62 bits per heavy atom. The molecular weight excluding hydrogens is 357 g/mol. The molecule has 0 radical (unpaired) electrons. The van der Waals surface area contributed by atoms with E-state index < -0.39 is 27.6 Å². The van der Waals surface area contributed by atoms with Crippen LogP contribution in [0.15, 0.2) is 42.5 Å². The van der Waals surface area contributed by atoms with Crippen molar-refractivity contribution in [3.8, 4) is 0 Å². The van der Waals surface area contributed by atoms with E-state index in [0.29, 0.717) is 0 Å². The van der Waals surface area contributed by atoms with Crippen molar-refractivity contribution in [2.75, 3.05) is 11.3 Å². The van der Waals surface area contributed by atoms with E-state index in [9.17, 15) is 17.6 Å². The van der Waals surface area contributed by atoms with E-state index in [0.717, 1.165) is 6.07 Å². The molecule has 0 fully saturated rings. The van der Waals surface area contributed by atoms with Crippen LogP contribution in [0.5, 0.6) is 0 Å². The van der Waals surface area contributed by atoms with Crippen molar-refractivity contribution < 1.29 is 22.3 Å². The zero-order valence-corrected chi connectivity index (χ0v) is 14.3. The predicted molar refractivity (Wildman–Crippen MR) is 90.1 cm³/mol. The van der Waals surface area contributed by atoms with E-state index in [-0.39, 0.29) is 28.4 Å². The molecule has 128 valence electrons. The van der Waals surface area contributed by atoms with Crippen molar-refractivity contribution in [2.24, 2.45) is 0 Å². The Bertz CT molecular complexity index is 835. The molecule has 5 nitrogen and oxygen atoms in total. The molecule has 0 aliphatic carbocycles. The summed E-state index contributed by atoms with van der Waals surface area (Å²) in [6.07, 6.45) is 0. The van der Waals surface area contributed by atoms with E-state index in [1.165, 1.54) is 36.4 Å². The summed E-state index contributed by atoms with van der Waals surface area (Å²) >= 11 is 5.85. The second-order valence-electron chi connectivity index (χ2n) is 4.86. The lowest BCUT2D eigenvalue weighted by atomic mass is 10.2. The van der Waals surface area contributed by atoms with Crippen LogP contribution in [0.1, 0.15) is 22.8 Å². The Morgan fingerprint density at radius 1 is 1.25 bits per heavy atom. The minimum absolute atomic E-state index is 0.0284. The Hall–Kier alpha value is -2.12. The van der Waals surface area contributed by atoms with Crippen molar-refractivity contribution in [3.63, 3.8) is 0 Å². The van der Waals surface area contributed by atoms with Crippen LogP contribution >= 0.6 is 11.6 Å². The van der Waals surface area contributed by atoms with Crippen LogP contribution in [-0.4, -0.2) is 21.0 Å². The monoisotopic (exact) mass is 371 g/mol. The summed E-state index contributed by atoms with van der Waals surface area (Å²) < 4.78 is 45.3. The number of ether oxygens (including phenoxy) is 1. The van der Waals surface area contributed by atoms with Gasteiger partial charge in [-0.05, 0) is 37.3 Å². The van der Waals surface area contributed by atoms with Crippen LogP contribution in [0, 0.1) is 5.82 Å². The molecule has 0 aliphatic heterocycles. The van der Waals surface area contributed by atoms with Gasteiger partial charge in [0.05, 0.1) is 17.9 Å². The van der Waals surface area contributed by atoms with E-state index in [2.05, 4.69) is 4.72 Å². The summed E-state index contributed by atoms with van der Waals surface area (Å²) in [5.41, 5.74) is 0.266. The molecular formula is C16H15ClFNO4S. The van der Waals surface area contributed by atoms with Crippen LogP contribution in [-0.2, 0) is 20.5 Å². The highest BCUT2D eigenvalue weighted by Gasteiger charge is 2.18. The highest BCUT2D eigenvalue weighted by atomic mass is 35.5. The molecule has 0 unspecified atom stereocenters. The fraction of sp³-hybridized carbons (Fsp3) is 0.188. The quantitative estimate of drug-likeness (QED) is 0.787. The van der Waals surface area contributed by atoms with Gasteiger partial charge in [-0.2, -0.15) is 0 Å². The number of carbonyl (C=O) groups excluding carboxylic acids is 1. The van der Waals surface area contributed by atoms with Gasteiger partial charge in [0.25, 0.3) is 0 Å². The molecule has 0 heterocycles. The van der Waals surface area contributed by atoms with Crippen molar-refractivity contribution in [1.29, 1.82) is 0 Å². The molecule has 24 heavy (non-hydrogen) atoms. The lowest BCUT2D eigenvalue weighted by Crippen LogP contribution is -2.16. The topological polar surface area (TPSA) is 72.5 Å². The maximum atomic E-state index is 13.7. The fourth-order valence-electron chi connectivity index (χ4n) is 2.00. The van der Waals surface area contributed by atoms with Crippen molar-refractivity contribution in [3.05, 3.63) is 64.4 Å². The smallest absolute Gasteiger partial charge is 0.338 e. The minimum atomic E-state index is -3.91. The third-order valence-electron chi connectivity index (χ3n) is 3.04. The first-order chi connectivity index (χ1) is 11.3. The summed E-state index contributed by atoms with van der Waals surface area (Å²) in [5.74, 6) is -1.88. The lowest BCUT2D eigenvalue weighted by molar-refractivity contribution is 0.0526. The van der Waals surface area contributed by atoms with Gasteiger partial charge < -0.3 is 4.74 Å². The van der Waals surface area contributed by atoms with Gasteiger partial charge in [0.1, 0.15) is 5.82 Å². The SMILES string of the molecule is CCOC(=O)c1cccc(NS(=O)(=O)Cc2c(F)cccc2Cl)c1. The zero-order chi connectivity index (χ0) is 17.7. The maximum Gasteiger partial charge on any atom is 0.338 e. The van der Waals surface area contributed by atoms with Crippen molar-refractivity contribution in [1.82, 2.24) is 0 Å². The van der Waals surface area contributed by atoms with Crippen LogP contribution in [0.25, 0.3) is 0 Å². The number of halogens is 2. The Balaban J connectivity index is 2.21. The average Bonchev–Trinajstić information content (AvgIpc) is 2.51. The highest BCUT2D eigenvalue weighted by Crippen LogP contribution is 2.22. The van der Waals surface area contributed by atoms with E-state index >= 15 is 0 Å². The average molecular weight is 372 g/mol. The molecule has 0 saturated carbocycles. The molecule has 0 atom stereocenters. The Kier molecular flexibility index (Phi) is 5.80. The first-order valence-electron chi connectivity index (χ1n) is 7.03. The standard InChI is InChI=1S/C16H15ClFNO4S/c1-2-23-16(20)11-5-3-6-12(9-11)19-24(21,22)10-13-14(17)7-4-8-15(13)18/h3-9,19H,2,10H2,1H3. The molecule has 0 aliphatic rings. The number of benzene rings is 2. The largest absolute Gasteiger partial charge is 0.462 e. The number of hydrogen-bond acceptors (Lipinski definition) is 4. The highest BCUT2D eigenvalue weighted by molar-refractivity contribution is 7.91. The van der Waals surface area contributed by atoms with Crippen LogP contribution < -0.4 is 4.72 Å². The summed E-state index contributed by atoms with van der Waals surface area (Å²) in [4.78, 5) is 11.7. The summed E-state index contributed by atoms with van der Waals surface area (Å²) in [7, 11) is -3.91. The van der Waals surface area contributed by atoms with E-state index in [1.54, 1.807) is 6.92 Å². The molecule has 2 rings (SSSR count). The van der Waals surface area contributed by atoms with Gasteiger partial charge in [0, 0.05) is 16.3 Å². The van der Waals surface area contributed by atoms with Crippen LogP contribution in [0.2, 0.25) is 5.02 Å². The zero-order valence-electron chi connectivity index (χ0n) is 12.8. The molecule has 0 bridgehead atoms. The van der Waals surface area contributed by atoms with Crippen molar-refractivity contribution >= 4 is 33.3 Å². The van der Waals surface area contributed by atoms with E-state index in [1.807, 2.05) is 0 Å². The van der Waals surface area contributed by atoms with Crippen molar-refractivity contribution in [2.45, 2.75) is 12.7 Å². The fourth-order valence-corrected chi connectivity index (χ4v) is 3.54.